The summed E-state index contributed by atoms with van der Waals surface area (Å²) in [4.78, 5) is 28.3. The van der Waals surface area contributed by atoms with E-state index in [4.69, 9.17) is 9.47 Å². The van der Waals surface area contributed by atoms with Crippen molar-refractivity contribution in [2.75, 3.05) is 31.2 Å². The minimum Gasteiger partial charge on any atom is -0.493 e. The summed E-state index contributed by atoms with van der Waals surface area (Å²) in [5.74, 6) is -0.0962. The normalized spacial score (nSPS) is 14.0. The number of benzene rings is 3. The number of amides is 1. The fourth-order valence-corrected chi connectivity index (χ4v) is 5.11. The Hall–Kier alpha value is -3.80. The summed E-state index contributed by atoms with van der Waals surface area (Å²) in [6.45, 7) is 8.46. The van der Waals surface area contributed by atoms with E-state index in [2.05, 4.69) is 47.5 Å². The monoisotopic (exact) mass is 514 g/mol. The second kappa shape index (κ2) is 13.1. The van der Waals surface area contributed by atoms with Gasteiger partial charge >= 0.3 is 5.97 Å². The molecule has 4 rings (SSSR count). The molecule has 0 saturated carbocycles. The van der Waals surface area contributed by atoms with Crippen LogP contribution in [0.4, 0.5) is 5.69 Å². The smallest absolute Gasteiger partial charge is 0.341 e. The van der Waals surface area contributed by atoms with Gasteiger partial charge in [0.05, 0.1) is 25.7 Å². The molecule has 38 heavy (non-hydrogen) atoms. The van der Waals surface area contributed by atoms with Gasteiger partial charge in [0.25, 0.3) is 0 Å². The van der Waals surface area contributed by atoms with Crippen molar-refractivity contribution in [2.45, 2.75) is 52.5 Å². The Labute approximate surface area is 226 Å². The van der Waals surface area contributed by atoms with E-state index in [0.717, 1.165) is 35.3 Å². The Morgan fingerprint density at radius 1 is 0.895 bits per heavy atom. The molecule has 3 aromatic rings. The first-order chi connectivity index (χ1) is 18.5. The summed E-state index contributed by atoms with van der Waals surface area (Å²) in [7, 11) is 0. The molecule has 1 aliphatic rings. The highest BCUT2D eigenvalue weighted by atomic mass is 16.5. The molecule has 1 atom stereocenters. The van der Waals surface area contributed by atoms with Crippen molar-refractivity contribution in [3.05, 3.63) is 94.5 Å². The van der Waals surface area contributed by atoms with Gasteiger partial charge in [-0.25, -0.2) is 4.79 Å². The van der Waals surface area contributed by atoms with Crippen molar-refractivity contribution in [2.24, 2.45) is 0 Å². The molecule has 0 bridgehead atoms. The minimum absolute atomic E-state index is 0.0990. The van der Waals surface area contributed by atoms with Crippen molar-refractivity contribution >= 4 is 17.6 Å². The van der Waals surface area contributed by atoms with Crippen LogP contribution in [0.3, 0.4) is 0 Å². The Bertz CT molecular complexity index is 1250. The van der Waals surface area contributed by atoms with Crippen molar-refractivity contribution in [3.8, 4) is 5.75 Å². The lowest BCUT2D eigenvalue weighted by molar-refractivity contribution is -0.120. The molecule has 1 heterocycles. The van der Waals surface area contributed by atoms with Crippen LogP contribution in [0, 0.1) is 6.92 Å². The highest BCUT2D eigenvalue weighted by Crippen LogP contribution is 2.34. The van der Waals surface area contributed by atoms with Gasteiger partial charge in [0.1, 0.15) is 11.3 Å². The number of ether oxygens (including phenoxy) is 2. The van der Waals surface area contributed by atoms with Crippen LogP contribution in [-0.2, 0) is 16.0 Å². The zero-order valence-corrected chi connectivity index (χ0v) is 22.7. The van der Waals surface area contributed by atoms with Crippen LogP contribution < -0.4 is 15.0 Å². The summed E-state index contributed by atoms with van der Waals surface area (Å²) in [5.41, 5.74) is 5.63. The first-order valence-electron chi connectivity index (χ1n) is 13.6. The Morgan fingerprint density at radius 2 is 1.61 bits per heavy atom. The summed E-state index contributed by atoms with van der Waals surface area (Å²) < 4.78 is 10.9. The molecule has 1 fully saturated rings. The lowest BCUT2D eigenvalue weighted by Gasteiger charge is -2.33. The first kappa shape index (κ1) is 27.2. The Kier molecular flexibility index (Phi) is 9.41. The van der Waals surface area contributed by atoms with Crippen LogP contribution in [-0.4, -0.2) is 38.2 Å². The maximum atomic E-state index is 13.5. The van der Waals surface area contributed by atoms with Crippen LogP contribution in [0.1, 0.15) is 71.8 Å². The number of hydrogen-bond donors (Lipinski definition) is 1. The van der Waals surface area contributed by atoms with E-state index in [1.54, 1.807) is 25.1 Å². The molecule has 0 spiro atoms. The van der Waals surface area contributed by atoms with Crippen LogP contribution in [0.2, 0.25) is 0 Å². The molecule has 200 valence electrons. The number of anilines is 1. The van der Waals surface area contributed by atoms with Gasteiger partial charge in [-0.15, -0.1) is 0 Å². The number of nitrogens with one attached hydrogen (secondary N) is 1. The molecule has 1 amide bonds. The predicted molar refractivity (Wildman–Crippen MR) is 151 cm³/mol. The van der Waals surface area contributed by atoms with Gasteiger partial charge in [0, 0.05) is 24.3 Å². The molecule has 6 nitrogen and oxygen atoms in total. The maximum absolute atomic E-state index is 13.5. The zero-order valence-electron chi connectivity index (χ0n) is 22.7. The molecular formula is C32H38N2O4. The number of carbonyl (C=O) groups excluding carboxylic acids is 2. The number of esters is 1. The lowest BCUT2D eigenvalue weighted by atomic mass is 9.92. The fraction of sp³-hybridized carbons (Fsp3) is 0.375. The highest BCUT2D eigenvalue weighted by Gasteiger charge is 2.24. The van der Waals surface area contributed by atoms with Crippen LogP contribution in [0.15, 0.2) is 66.7 Å². The van der Waals surface area contributed by atoms with Crippen molar-refractivity contribution in [1.29, 1.82) is 0 Å². The van der Waals surface area contributed by atoms with E-state index in [-0.39, 0.29) is 25.0 Å². The third-order valence-corrected chi connectivity index (χ3v) is 6.96. The molecule has 1 unspecified atom stereocenters. The van der Waals surface area contributed by atoms with Gasteiger partial charge < -0.3 is 19.7 Å². The van der Waals surface area contributed by atoms with Crippen molar-refractivity contribution < 1.29 is 19.1 Å². The van der Waals surface area contributed by atoms with Gasteiger partial charge in [-0.3, -0.25) is 4.79 Å². The number of hydrogen-bond acceptors (Lipinski definition) is 5. The topological polar surface area (TPSA) is 67.9 Å². The van der Waals surface area contributed by atoms with Crippen molar-refractivity contribution in [3.63, 3.8) is 0 Å². The molecule has 0 aliphatic carbocycles. The molecule has 6 heteroatoms. The van der Waals surface area contributed by atoms with Gasteiger partial charge in [-0.1, -0.05) is 48.5 Å². The average Bonchev–Trinajstić information content (AvgIpc) is 2.93. The third kappa shape index (κ3) is 6.55. The molecule has 0 aromatic heterocycles. The number of aryl methyl sites for hydroxylation is 1. The van der Waals surface area contributed by atoms with E-state index >= 15 is 0 Å². The fourth-order valence-electron chi connectivity index (χ4n) is 5.11. The summed E-state index contributed by atoms with van der Waals surface area (Å²) >= 11 is 0. The molecule has 1 N–H and O–H groups in total. The molecular weight excluding hydrogens is 476 g/mol. The van der Waals surface area contributed by atoms with Gasteiger partial charge in [0.15, 0.2) is 0 Å². The molecule has 1 saturated heterocycles. The van der Waals surface area contributed by atoms with Gasteiger partial charge in [0.2, 0.25) is 5.91 Å². The Balaban J connectivity index is 1.63. The van der Waals surface area contributed by atoms with Crippen LogP contribution >= 0.6 is 0 Å². The SMILES string of the molecule is CCOC(=O)c1ccc(CC(=O)NC(c2ccccc2C)c2ccccc2N2CCCCC2)cc1OCC. The number of carbonyl (C=O) groups is 2. The number of nitrogens with zero attached hydrogens (tertiary/aromatic N) is 1. The number of rotatable bonds is 10. The van der Waals surface area contributed by atoms with Gasteiger partial charge in [-0.05, 0) is 74.9 Å². The minimum atomic E-state index is -0.430. The second-order valence-electron chi connectivity index (χ2n) is 9.62. The van der Waals surface area contributed by atoms with Crippen molar-refractivity contribution in [1.82, 2.24) is 5.32 Å². The van der Waals surface area contributed by atoms with E-state index in [1.807, 2.05) is 25.1 Å². The average molecular weight is 515 g/mol. The standard InChI is InChI=1S/C32H38N2O4/c1-4-37-29-21-24(17-18-27(29)32(36)38-5-2)22-30(35)33-31(25-14-8-7-13-23(25)3)26-15-9-10-16-28(26)34-19-11-6-12-20-34/h7-10,13-18,21,31H,4-6,11-12,19-20,22H2,1-3H3,(H,33,35). The molecule has 1 aliphatic heterocycles. The third-order valence-electron chi connectivity index (χ3n) is 6.96. The number of para-hydroxylation sites is 1. The maximum Gasteiger partial charge on any atom is 0.341 e. The number of piperidine rings is 1. The van der Waals surface area contributed by atoms with Crippen LogP contribution in [0.25, 0.3) is 0 Å². The van der Waals surface area contributed by atoms with E-state index in [9.17, 15) is 9.59 Å². The molecule has 0 radical (unpaired) electrons. The predicted octanol–water partition coefficient (Wildman–Crippen LogP) is 6.01. The van der Waals surface area contributed by atoms with E-state index in [0.29, 0.717) is 17.9 Å². The van der Waals surface area contributed by atoms with Gasteiger partial charge in [-0.2, -0.15) is 0 Å². The first-order valence-corrected chi connectivity index (χ1v) is 13.6. The largest absolute Gasteiger partial charge is 0.493 e. The summed E-state index contributed by atoms with van der Waals surface area (Å²) in [6, 6.07) is 21.6. The highest BCUT2D eigenvalue weighted by molar-refractivity contribution is 5.93. The Morgan fingerprint density at radius 3 is 2.32 bits per heavy atom. The van der Waals surface area contributed by atoms with E-state index < -0.39 is 5.97 Å². The quantitative estimate of drug-likeness (QED) is 0.336. The zero-order chi connectivity index (χ0) is 26.9. The van der Waals surface area contributed by atoms with E-state index in [1.165, 1.54) is 24.9 Å². The second-order valence-corrected chi connectivity index (χ2v) is 9.62. The summed E-state index contributed by atoms with van der Waals surface area (Å²) in [6.07, 6.45) is 3.78. The molecule has 3 aromatic carbocycles. The van der Waals surface area contributed by atoms with Crippen LogP contribution in [0.5, 0.6) is 5.75 Å². The summed E-state index contributed by atoms with van der Waals surface area (Å²) in [5, 5.41) is 3.33. The lowest BCUT2D eigenvalue weighted by Crippen LogP contribution is -2.34.